The largest absolute Gasteiger partial charge is 0.504 e. The van der Waals surface area contributed by atoms with E-state index in [4.69, 9.17) is 16.4 Å². The van der Waals surface area contributed by atoms with Gasteiger partial charge in [0.15, 0.2) is 11.5 Å². The van der Waals surface area contributed by atoms with Crippen LogP contribution in [0.1, 0.15) is 36.0 Å². The number of hydrazine groups is 1. The summed E-state index contributed by atoms with van der Waals surface area (Å²) >= 11 is 6.54. The molecule has 20 nitrogen and oxygen atoms in total. The lowest BCUT2D eigenvalue weighted by atomic mass is 10.1. The second-order valence-electron chi connectivity index (χ2n) is 10.9. The number of aliphatic carboxylic acids is 2. The SMILES string of the molecule is O=C(C=NOC1(C(=O)O)CC1)NC1N2C(=O)CC2SC1(C(=O)O)N1CCN(NC(=O)CCNC(=O)C(=O)c2ccc(O)c(O)c2Cl)C1=O. The molecule has 3 unspecified atom stereocenters. The summed E-state index contributed by atoms with van der Waals surface area (Å²) in [5, 5.41) is 46.2. The van der Waals surface area contributed by atoms with E-state index in [9.17, 15) is 58.8 Å². The molecule has 6 amide bonds. The average molecular weight is 712 g/mol. The van der Waals surface area contributed by atoms with E-state index < -0.39 is 97.9 Å². The minimum Gasteiger partial charge on any atom is -0.504 e. The third kappa shape index (κ3) is 5.96. The fourth-order valence-corrected chi connectivity index (χ4v) is 7.05. The zero-order valence-corrected chi connectivity index (χ0v) is 25.9. The Morgan fingerprint density at radius 2 is 1.79 bits per heavy atom. The maximum atomic E-state index is 13.4. The number of phenolic OH excluding ortho intramolecular Hbond substituents is 2. The molecule has 1 aromatic carbocycles. The molecular weight excluding hydrogens is 686 g/mol. The van der Waals surface area contributed by atoms with Crippen LogP contribution in [0.25, 0.3) is 0 Å². The number of thioether (sulfide) groups is 1. The van der Waals surface area contributed by atoms with Crippen molar-refractivity contribution < 1.29 is 63.6 Å². The molecule has 3 aliphatic heterocycles. The zero-order chi connectivity index (χ0) is 35.1. The van der Waals surface area contributed by atoms with Crippen LogP contribution in [-0.2, 0) is 33.6 Å². The Labute approximate surface area is 277 Å². The molecule has 0 aromatic heterocycles. The summed E-state index contributed by atoms with van der Waals surface area (Å²) in [5.41, 5.74) is 0.335. The van der Waals surface area contributed by atoms with Crippen LogP contribution in [-0.4, -0.2) is 130 Å². The molecule has 3 atom stereocenters. The standard InChI is InChI=1S/C26H26ClN7O13S/c27-17-11(1-2-12(35)19(17)40)18(39)20(41)28-6-3-13(36)31-33-8-7-32(24(33)46)26(23(44)45)21(34-15(38)9-16(34)48-26)30-14(37)10-29-47-25(4-5-25)22(42)43/h1-2,10,16,21,35,40H,3-9H2,(H,28,41)(H,30,37)(H,31,36)(H,42,43)(H,44,45). The Hall–Kier alpha value is -5.31. The lowest BCUT2D eigenvalue weighted by Gasteiger charge is -2.41. The monoisotopic (exact) mass is 711 g/mol. The van der Waals surface area contributed by atoms with Crippen LogP contribution in [0.2, 0.25) is 5.02 Å². The number of urea groups is 1. The molecule has 4 aliphatic rings. The molecule has 3 saturated heterocycles. The van der Waals surface area contributed by atoms with E-state index in [0.29, 0.717) is 6.21 Å². The summed E-state index contributed by atoms with van der Waals surface area (Å²) in [5.74, 6) is -8.94. The molecule has 5 rings (SSSR count). The van der Waals surface area contributed by atoms with Gasteiger partial charge in [-0.3, -0.25) is 34.3 Å². The van der Waals surface area contributed by atoms with Crippen molar-refractivity contribution in [3.8, 4) is 11.5 Å². The molecule has 1 aromatic rings. The van der Waals surface area contributed by atoms with E-state index in [1.54, 1.807) is 0 Å². The minimum atomic E-state index is -2.24. The molecule has 48 heavy (non-hydrogen) atoms. The quantitative estimate of drug-likeness (QED) is 0.0302. The first-order valence-electron chi connectivity index (χ1n) is 14.0. The Morgan fingerprint density at radius 3 is 2.42 bits per heavy atom. The number of nitrogens with one attached hydrogen (secondary N) is 3. The number of carboxylic acid groups (broad SMARTS) is 2. The molecule has 1 saturated carbocycles. The van der Waals surface area contributed by atoms with Crippen LogP contribution in [0.3, 0.4) is 0 Å². The van der Waals surface area contributed by atoms with Gasteiger partial charge < -0.3 is 40.8 Å². The second kappa shape index (κ2) is 12.7. The minimum absolute atomic E-state index is 0.0682. The van der Waals surface area contributed by atoms with Crippen LogP contribution in [0.15, 0.2) is 17.3 Å². The van der Waals surface area contributed by atoms with Gasteiger partial charge in [0, 0.05) is 32.4 Å². The highest BCUT2D eigenvalue weighted by Gasteiger charge is 2.69. The van der Waals surface area contributed by atoms with E-state index >= 15 is 0 Å². The number of amides is 6. The normalized spacial score (nSPS) is 23.7. The van der Waals surface area contributed by atoms with Gasteiger partial charge in [0.05, 0.1) is 28.9 Å². The number of hydrogen-bond acceptors (Lipinski definition) is 13. The van der Waals surface area contributed by atoms with Crippen molar-refractivity contribution >= 4 is 77.0 Å². The molecule has 0 spiro atoms. The van der Waals surface area contributed by atoms with E-state index in [1.807, 2.05) is 0 Å². The molecule has 4 fully saturated rings. The number of aromatic hydroxyl groups is 2. The molecule has 1 aliphatic carbocycles. The number of halogens is 1. The maximum Gasteiger partial charge on any atom is 0.350 e. The second-order valence-corrected chi connectivity index (χ2v) is 12.6. The van der Waals surface area contributed by atoms with Crippen LogP contribution in [0.4, 0.5) is 4.79 Å². The fraction of sp³-hybridized carbons (Fsp3) is 0.423. The predicted molar refractivity (Wildman–Crippen MR) is 158 cm³/mol. The molecule has 0 bridgehead atoms. The fourth-order valence-electron chi connectivity index (χ4n) is 5.11. The number of nitrogens with zero attached hydrogens (tertiary/aromatic N) is 4. The van der Waals surface area contributed by atoms with Gasteiger partial charge in [0.2, 0.25) is 22.3 Å². The number of phenols is 2. The Bertz CT molecular complexity index is 1670. The Kier molecular flexibility index (Phi) is 9.01. The average Bonchev–Trinajstić information content (AvgIpc) is 3.67. The predicted octanol–water partition coefficient (Wildman–Crippen LogP) is -1.64. The molecule has 256 valence electrons. The number of ketones is 1. The smallest absolute Gasteiger partial charge is 0.350 e. The number of Topliss-reactive ketones (excluding diaryl/α,β-unsaturated/α-hetero) is 1. The van der Waals surface area contributed by atoms with Gasteiger partial charge in [-0.15, -0.1) is 0 Å². The number of hydrogen-bond donors (Lipinski definition) is 7. The number of carbonyl (C=O) groups excluding carboxylic acids is 6. The number of fused-ring (bicyclic) bond motifs is 1. The number of oxime groups is 1. The van der Waals surface area contributed by atoms with Gasteiger partial charge in [0.25, 0.3) is 17.6 Å². The van der Waals surface area contributed by atoms with Crippen LogP contribution < -0.4 is 16.1 Å². The van der Waals surface area contributed by atoms with Crippen LogP contribution in [0, 0.1) is 0 Å². The van der Waals surface area contributed by atoms with Crippen molar-refractivity contribution in [3.05, 3.63) is 22.7 Å². The number of carbonyl (C=O) groups is 8. The molecule has 3 heterocycles. The van der Waals surface area contributed by atoms with E-state index in [0.717, 1.165) is 38.7 Å². The first-order chi connectivity index (χ1) is 22.6. The number of benzene rings is 1. The van der Waals surface area contributed by atoms with Crippen molar-refractivity contribution in [2.75, 3.05) is 19.6 Å². The van der Waals surface area contributed by atoms with E-state index in [2.05, 4.69) is 21.2 Å². The van der Waals surface area contributed by atoms with Crippen LogP contribution in [0.5, 0.6) is 11.5 Å². The molecule has 22 heteroatoms. The highest BCUT2D eigenvalue weighted by Crippen LogP contribution is 2.52. The molecule has 0 radical (unpaired) electrons. The van der Waals surface area contributed by atoms with Crippen molar-refractivity contribution in [3.63, 3.8) is 0 Å². The van der Waals surface area contributed by atoms with E-state index in [-0.39, 0.29) is 38.9 Å². The van der Waals surface area contributed by atoms with Crippen LogP contribution >= 0.6 is 23.4 Å². The summed E-state index contributed by atoms with van der Waals surface area (Å²) in [7, 11) is 0. The molecular formula is C26H26ClN7O13S. The Morgan fingerprint density at radius 1 is 1.08 bits per heavy atom. The number of rotatable bonds is 13. The first-order valence-corrected chi connectivity index (χ1v) is 15.3. The van der Waals surface area contributed by atoms with Crippen molar-refractivity contribution in [1.82, 2.24) is 30.9 Å². The number of β-lactam (4-membered cyclic amide) rings is 1. The van der Waals surface area contributed by atoms with Gasteiger partial charge in [-0.25, -0.2) is 19.4 Å². The van der Waals surface area contributed by atoms with Gasteiger partial charge in [0.1, 0.15) is 12.4 Å². The first kappa shape index (κ1) is 34.0. The van der Waals surface area contributed by atoms with Gasteiger partial charge in [-0.1, -0.05) is 28.5 Å². The van der Waals surface area contributed by atoms with Gasteiger partial charge >= 0.3 is 18.0 Å². The van der Waals surface area contributed by atoms with Gasteiger partial charge in [-0.05, 0) is 12.1 Å². The highest BCUT2D eigenvalue weighted by molar-refractivity contribution is 8.02. The van der Waals surface area contributed by atoms with Crippen molar-refractivity contribution in [2.24, 2.45) is 5.16 Å². The summed E-state index contributed by atoms with van der Waals surface area (Å²) in [6.07, 6.45) is -1.16. The lowest BCUT2D eigenvalue weighted by molar-refractivity contribution is -0.155. The maximum absolute atomic E-state index is 13.4. The summed E-state index contributed by atoms with van der Waals surface area (Å²) in [6.45, 7) is -0.854. The Balaban J connectivity index is 1.20. The van der Waals surface area contributed by atoms with Crippen molar-refractivity contribution in [1.29, 1.82) is 0 Å². The van der Waals surface area contributed by atoms with E-state index in [1.165, 1.54) is 0 Å². The summed E-state index contributed by atoms with van der Waals surface area (Å²) in [4.78, 5) is 105. The topological polar surface area (TPSA) is 285 Å². The van der Waals surface area contributed by atoms with Gasteiger partial charge in [-0.2, -0.15) is 0 Å². The van der Waals surface area contributed by atoms with Crippen molar-refractivity contribution in [2.45, 2.75) is 47.7 Å². The third-order valence-corrected chi connectivity index (χ3v) is 9.87. The number of carboxylic acids is 2. The highest BCUT2D eigenvalue weighted by atomic mass is 35.5. The molecule has 7 N–H and O–H groups in total. The lowest BCUT2D eigenvalue weighted by Crippen LogP contribution is -2.69. The summed E-state index contributed by atoms with van der Waals surface area (Å²) in [6, 6.07) is 0.991. The zero-order valence-electron chi connectivity index (χ0n) is 24.4. The summed E-state index contributed by atoms with van der Waals surface area (Å²) < 4.78 is 0. The third-order valence-electron chi connectivity index (χ3n) is 7.84.